The lowest BCUT2D eigenvalue weighted by atomic mass is 10.1. The normalized spacial score (nSPS) is 11.6. The fourth-order valence-electron chi connectivity index (χ4n) is 1.61. The molecule has 1 unspecified atom stereocenters. The van der Waals surface area contributed by atoms with Crippen molar-refractivity contribution in [2.45, 2.75) is 32.7 Å². The van der Waals surface area contributed by atoms with Crippen molar-refractivity contribution in [3.05, 3.63) is 29.3 Å². The van der Waals surface area contributed by atoms with E-state index in [1.807, 2.05) is 19.9 Å². The van der Waals surface area contributed by atoms with Crippen molar-refractivity contribution < 1.29 is 9.90 Å². The zero-order valence-corrected chi connectivity index (χ0v) is 10.0. The minimum Gasteiger partial charge on any atom is -0.480 e. The van der Waals surface area contributed by atoms with Crippen molar-refractivity contribution in [1.29, 1.82) is 5.26 Å². The molecule has 1 aromatic rings. The van der Waals surface area contributed by atoms with E-state index in [1.54, 1.807) is 12.1 Å². The number of anilines is 1. The molecule has 0 aliphatic rings. The summed E-state index contributed by atoms with van der Waals surface area (Å²) >= 11 is 0. The zero-order valence-electron chi connectivity index (χ0n) is 10.0. The lowest BCUT2D eigenvalue weighted by molar-refractivity contribution is -0.138. The standard InChI is InChI=1S/C13H16N2O2/c1-3-4-12(13(16)17)15-11-6-5-9(2)7-10(11)8-14/h5-7,12,15H,3-4H2,1-2H3,(H,16,17). The van der Waals surface area contributed by atoms with Crippen molar-refractivity contribution in [2.75, 3.05) is 5.32 Å². The first-order chi connectivity index (χ1) is 8.08. The molecule has 0 fully saturated rings. The van der Waals surface area contributed by atoms with Gasteiger partial charge in [-0.15, -0.1) is 0 Å². The van der Waals surface area contributed by atoms with Gasteiger partial charge in [0.1, 0.15) is 12.1 Å². The number of rotatable bonds is 5. The van der Waals surface area contributed by atoms with Gasteiger partial charge < -0.3 is 10.4 Å². The van der Waals surface area contributed by atoms with Crippen LogP contribution >= 0.6 is 0 Å². The summed E-state index contributed by atoms with van der Waals surface area (Å²) in [6, 6.07) is 6.77. The van der Waals surface area contributed by atoms with E-state index in [4.69, 9.17) is 10.4 Å². The monoisotopic (exact) mass is 232 g/mol. The Kier molecular flexibility index (Phi) is 4.53. The van der Waals surface area contributed by atoms with Crippen LogP contribution in [0, 0.1) is 18.3 Å². The SMILES string of the molecule is CCCC(Nc1ccc(C)cc1C#N)C(=O)O. The summed E-state index contributed by atoms with van der Waals surface area (Å²) in [6.45, 7) is 3.82. The van der Waals surface area contributed by atoms with Crippen LogP contribution in [0.4, 0.5) is 5.69 Å². The van der Waals surface area contributed by atoms with E-state index >= 15 is 0 Å². The van der Waals surface area contributed by atoms with Crippen LogP contribution in [-0.4, -0.2) is 17.1 Å². The zero-order chi connectivity index (χ0) is 12.8. The Morgan fingerprint density at radius 2 is 2.29 bits per heavy atom. The second-order valence-electron chi connectivity index (χ2n) is 3.98. The summed E-state index contributed by atoms with van der Waals surface area (Å²) < 4.78 is 0. The molecule has 4 heteroatoms. The average Bonchev–Trinajstić information content (AvgIpc) is 2.30. The molecule has 90 valence electrons. The minimum absolute atomic E-state index is 0.479. The van der Waals surface area contributed by atoms with E-state index in [0.29, 0.717) is 17.7 Å². The Balaban J connectivity index is 2.93. The van der Waals surface area contributed by atoms with Gasteiger partial charge >= 0.3 is 5.97 Å². The van der Waals surface area contributed by atoms with Gasteiger partial charge in [-0.05, 0) is 31.0 Å². The molecule has 1 rings (SSSR count). The van der Waals surface area contributed by atoms with E-state index < -0.39 is 12.0 Å². The quantitative estimate of drug-likeness (QED) is 0.818. The Morgan fingerprint density at radius 3 is 2.82 bits per heavy atom. The summed E-state index contributed by atoms with van der Waals surface area (Å²) in [5, 5.41) is 20.9. The van der Waals surface area contributed by atoms with E-state index in [0.717, 1.165) is 12.0 Å². The lowest BCUT2D eigenvalue weighted by Crippen LogP contribution is -2.29. The molecule has 4 nitrogen and oxygen atoms in total. The molecule has 1 aromatic carbocycles. The molecule has 0 saturated carbocycles. The molecule has 0 aliphatic heterocycles. The number of nitrogens with zero attached hydrogens (tertiary/aromatic N) is 1. The molecule has 0 radical (unpaired) electrons. The predicted octanol–water partition coefficient (Wildman–Crippen LogP) is 2.53. The summed E-state index contributed by atoms with van der Waals surface area (Å²) in [5.41, 5.74) is 2.04. The predicted molar refractivity (Wildman–Crippen MR) is 65.8 cm³/mol. The topological polar surface area (TPSA) is 73.1 Å². The Bertz CT molecular complexity index is 449. The third-order valence-electron chi connectivity index (χ3n) is 2.50. The van der Waals surface area contributed by atoms with Crippen LogP contribution in [0.1, 0.15) is 30.9 Å². The number of aliphatic carboxylic acids is 1. The van der Waals surface area contributed by atoms with Crippen molar-refractivity contribution in [3.8, 4) is 6.07 Å². The maximum absolute atomic E-state index is 11.0. The van der Waals surface area contributed by atoms with Gasteiger partial charge in [-0.3, -0.25) is 0 Å². The van der Waals surface area contributed by atoms with Gasteiger partial charge in [-0.2, -0.15) is 5.26 Å². The highest BCUT2D eigenvalue weighted by Crippen LogP contribution is 2.18. The van der Waals surface area contributed by atoms with Crippen molar-refractivity contribution in [1.82, 2.24) is 0 Å². The highest BCUT2D eigenvalue weighted by molar-refractivity contribution is 5.78. The molecule has 2 N–H and O–H groups in total. The molecule has 0 spiro atoms. The molecule has 0 amide bonds. The summed E-state index contributed by atoms with van der Waals surface area (Å²) in [7, 11) is 0. The number of nitriles is 1. The number of carboxylic acid groups (broad SMARTS) is 1. The molecule has 0 aromatic heterocycles. The number of carbonyl (C=O) groups is 1. The number of hydrogen-bond donors (Lipinski definition) is 2. The second-order valence-corrected chi connectivity index (χ2v) is 3.98. The lowest BCUT2D eigenvalue weighted by Gasteiger charge is -2.16. The first-order valence-corrected chi connectivity index (χ1v) is 5.58. The van der Waals surface area contributed by atoms with Crippen LogP contribution in [0.25, 0.3) is 0 Å². The first kappa shape index (κ1) is 13.0. The van der Waals surface area contributed by atoms with Gasteiger partial charge in [0, 0.05) is 0 Å². The summed E-state index contributed by atoms with van der Waals surface area (Å²) in [6.07, 6.45) is 1.31. The fraction of sp³-hybridized carbons (Fsp3) is 0.385. The highest BCUT2D eigenvalue weighted by atomic mass is 16.4. The minimum atomic E-state index is -0.892. The van der Waals surface area contributed by atoms with E-state index in [9.17, 15) is 4.79 Å². The van der Waals surface area contributed by atoms with Gasteiger partial charge in [-0.25, -0.2) is 4.79 Å². The van der Waals surface area contributed by atoms with Crippen molar-refractivity contribution >= 4 is 11.7 Å². The van der Waals surface area contributed by atoms with E-state index in [-0.39, 0.29) is 0 Å². The molecule has 0 bridgehead atoms. The molecular formula is C13H16N2O2. The number of aryl methyl sites for hydroxylation is 1. The molecule has 17 heavy (non-hydrogen) atoms. The second kappa shape index (κ2) is 5.90. The molecular weight excluding hydrogens is 216 g/mol. The summed E-state index contributed by atoms with van der Waals surface area (Å²) in [5.74, 6) is -0.892. The van der Waals surface area contributed by atoms with Crippen LogP contribution in [0.5, 0.6) is 0 Å². The molecule has 0 heterocycles. The van der Waals surface area contributed by atoms with Gasteiger partial charge in [0.05, 0.1) is 11.3 Å². The molecule has 0 saturated heterocycles. The maximum Gasteiger partial charge on any atom is 0.326 e. The molecule has 1 atom stereocenters. The van der Waals surface area contributed by atoms with Crippen LogP contribution in [-0.2, 0) is 4.79 Å². The first-order valence-electron chi connectivity index (χ1n) is 5.58. The molecule has 0 aliphatic carbocycles. The fourth-order valence-corrected chi connectivity index (χ4v) is 1.61. The largest absolute Gasteiger partial charge is 0.480 e. The van der Waals surface area contributed by atoms with Crippen LogP contribution in [0.15, 0.2) is 18.2 Å². The van der Waals surface area contributed by atoms with Gasteiger partial charge in [0.2, 0.25) is 0 Å². The smallest absolute Gasteiger partial charge is 0.326 e. The Morgan fingerprint density at radius 1 is 1.59 bits per heavy atom. The summed E-state index contributed by atoms with van der Waals surface area (Å²) in [4.78, 5) is 11.0. The maximum atomic E-state index is 11.0. The van der Waals surface area contributed by atoms with Crippen LogP contribution < -0.4 is 5.32 Å². The van der Waals surface area contributed by atoms with Gasteiger partial charge in [0.25, 0.3) is 0 Å². The van der Waals surface area contributed by atoms with Crippen molar-refractivity contribution in [2.24, 2.45) is 0 Å². The van der Waals surface area contributed by atoms with E-state index in [2.05, 4.69) is 11.4 Å². The number of benzene rings is 1. The highest BCUT2D eigenvalue weighted by Gasteiger charge is 2.17. The third-order valence-corrected chi connectivity index (χ3v) is 2.50. The average molecular weight is 232 g/mol. The van der Waals surface area contributed by atoms with Crippen LogP contribution in [0.3, 0.4) is 0 Å². The number of carboxylic acids is 1. The van der Waals surface area contributed by atoms with E-state index in [1.165, 1.54) is 0 Å². The number of nitrogens with one attached hydrogen (secondary N) is 1. The van der Waals surface area contributed by atoms with Crippen molar-refractivity contribution in [3.63, 3.8) is 0 Å². The van der Waals surface area contributed by atoms with Gasteiger partial charge in [-0.1, -0.05) is 19.4 Å². The number of hydrogen-bond acceptors (Lipinski definition) is 3. The third kappa shape index (κ3) is 3.49. The Hall–Kier alpha value is -2.02. The Labute approximate surface area is 101 Å². The van der Waals surface area contributed by atoms with Crippen LogP contribution in [0.2, 0.25) is 0 Å². The van der Waals surface area contributed by atoms with Gasteiger partial charge in [0.15, 0.2) is 0 Å².